The molecule has 0 fully saturated rings. The smallest absolute Gasteiger partial charge is 0.325 e. The second-order valence-corrected chi connectivity index (χ2v) is 5.27. The lowest BCUT2D eigenvalue weighted by atomic mass is 10.1. The van der Waals surface area contributed by atoms with Crippen LogP contribution in [0.2, 0.25) is 0 Å². The van der Waals surface area contributed by atoms with Gasteiger partial charge in [-0.05, 0) is 18.4 Å². The molecule has 5 heteroatoms. The van der Waals surface area contributed by atoms with E-state index in [0.29, 0.717) is 6.54 Å². The fourth-order valence-electron chi connectivity index (χ4n) is 2.79. The zero-order valence-electron chi connectivity index (χ0n) is 13.3. The first-order valence-corrected chi connectivity index (χ1v) is 7.63. The van der Waals surface area contributed by atoms with Crippen molar-refractivity contribution in [3.8, 4) is 0 Å². The molecule has 0 bridgehead atoms. The van der Waals surface area contributed by atoms with Gasteiger partial charge in [0.15, 0.2) is 0 Å². The fourth-order valence-corrected chi connectivity index (χ4v) is 2.79. The average molecular weight is 301 g/mol. The van der Waals surface area contributed by atoms with Gasteiger partial charge in [0.05, 0.1) is 5.69 Å². The molecule has 1 aromatic carbocycles. The largest absolute Gasteiger partial charge is 0.480 e. The number of nitrogens with zero attached hydrogens (tertiary/aromatic N) is 2. The van der Waals surface area contributed by atoms with Crippen molar-refractivity contribution in [2.75, 3.05) is 0 Å². The Hall–Kier alpha value is -2.14. The molecule has 5 nitrogen and oxygen atoms in total. The van der Waals surface area contributed by atoms with Gasteiger partial charge in [0.25, 0.3) is 0 Å². The van der Waals surface area contributed by atoms with Crippen LogP contribution in [-0.4, -0.2) is 20.9 Å². The second kappa shape index (κ2) is 7.22. The van der Waals surface area contributed by atoms with E-state index in [1.54, 1.807) is 0 Å². The summed E-state index contributed by atoms with van der Waals surface area (Å²) in [5.41, 5.74) is 4.07. The lowest BCUT2D eigenvalue weighted by Gasteiger charge is -2.15. The molecule has 22 heavy (non-hydrogen) atoms. The van der Waals surface area contributed by atoms with E-state index in [0.717, 1.165) is 35.4 Å². The number of carboxylic acids is 1. The van der Waals surface area contributed by atoms with E-state index >= 15 is 0 Å². The Kier molecular flexibility index (Phi) is 5.33. The summed E-state index contributed by atoms with van der Waals surface area (Å²) < 4.78 is 1.90. The molecular formula is C17H23N3O2. The van der Waals surface area contributed by atoms with Crippen molar-refractivity contribution < 1.29 is 9.90 Å². The third-order valence-electron chi connectivity index (χ3n) is 3.89. The molecule has 1 atom stereocenters. The Morgan fingerprint density at radius 1 is 1.27 bits per heavy atom. The SMILES string of the molecule is CCc1nn(C)c(CC)c1CN[C@@H](C(=O)O)c1ccccc1. The van der Waals surface area contributed by atoms with E-state index in [1.807, 2.05) is 42.1 Å². The molecule has 2 rings (SSSR count). The minimum atomic E-state index is -0.869. The van der Waals surface area contributed by atoms with Crippen molar-refractivity contribution in [2.45, 2.75) is 39.3 Å². The molecule has 1 aromatic heterocycles. The first-order chi connectivity index (χ1) is 10.6. The molecule has 0 aliphatic heterocycles. The van der Waals surface area contributed by atoms with Crippen molar-refractivity contribution in [1.29, 1.82) is 0 Å². The number of aliphatic carboxylic acids is 1. The molecule has 0 aliphatic rings. The summed E-state index contributed by atoms with van der Waals surface area (Å²) >= 11 is 0. The van der Waals surface area contributed by atoms with E-state index < -0.39 is 12.0 Å². The molecule has 2 N–H and O–H groups in total. The summed E-state index contributed by atoms with van der Waals surface area (Å²) in [5.74, 6) is -0.869. The number of aryl methyl sites for hydroxylation is 2. The van der Waals surface area contributed by atoms with E-state index in [1.165, 1.54) is 0 Å². The first kappa shape index (κ1) is 16.2. The van der Waals surface area contributed by atoms with E-state index in [4.69, 9.17) is 0 Å². The predicted molar refractivity (Wildman–Crippen MR) is 85.6 cm³/mol. The molecule has 0 saturated heterocycles. The zero-order valence-corrected chi connectivity index (χ0v) is 13.3. The van der Waals surface area contributed by atoms with Gasteiger partial charge < -0.3 is 5.11 Å². The summed E-state index contributed by atoms with van der Waals surface area (Å²) in [6, 6.07) is 8.54. The second-order valence-electron chi connectivity index (χ2n) is 5.27. The van der Waals surface area contributed by atoms with Crippen LogP contribution < -0.4 is 5.32 Å². The number of nitrogens with one attached hydrogen (secondary N) is 1. The normalized spacial score (nSPS) is 12.3. The lowest BCUT2D eigenvalue weighted by Crippen LogP contribution is -2.28. The van der Waals surface area contributed by atoms with Gasteiger partial charge in [-0.2, -0.15) is 5.10 Å². The number of hydrogen-bond donors (Lipinski definition) is 2. The Labute approximate surface area is 131 Å². The molecule has 0 aliphatic carbocycles. The van der Waals surface area contributed by atoms with Gasteiger partial charge in [0.2, 0.25) is 0 Å². The number of aromatic nitrogens is 2. The summed E-state index contributed by atoms with van der Waals surface area (Å²) in [7, 11) is 1.94. The van der Waals surface area contributed by atoms with Gasteiger partial charge >= 0.3 is 5.97 Å². The first-order valence-electron chi connectivity index (χ1n) is 7.63. The van der Waals surface area contributed by atoms with Crippen LogP contribution in [0, 0.1) is 0 Å². The Bertz CT molecular complexity index is 635. The quantitative estimate of drug-likeness (QED) is 0.824. The topological polar surface area (TPSA) is 67.2 Å². The molecular weight excluding hydrogens is 278 g/mol. The molecule has 0 amide bonds. The van der Waals surface area contributed by atoms with Crippen LogP contribution in [0.1, 0.15) is 42.4 Å². The van der Waals surface area contributed by atoms with Crippen LogP contribution >= 0.6 is 0 Å². The van der Waals surface area contributed by atoms with Gasteiger partial charge in [-0.1, -0.05) is 44.2 Å². The third kappa shape index (κ3) is 3.36. The van der Waals surface area contributed by atoms with Crippen molar-refractivity contribution in [2.24, 2.45) is 7.05 Å². The maximum atomic E-state index is 11.6. The van der Waals surface area contributed by atoms with Crippen LogP contribution in [0.25, 0.3) is 0 Å². The maximum Gasteiger partial charge on any atom is 0.325 e. The van der Waals surface area contributed by atoms with E-state index in [-0.39, 0.29) is 0 Å². The fraction of sp³-hybridized carbons (Fsp3) is 0.412. The van der Waals surface area contributed by atoms with Crippen molar-refractivity contribution >= 4 is 5.97 Å². The number of carboxylic acid groups (broad SMARTS) is 1. The minimum Gasteiger partial charge on any atom is -0.480 e. The van der Waals surface area contributed by atoms with Crippen LogP contribution in [0.3, 0.4) is 0 Å². The highest BCUT2D eigenvalue weighted by Gasteiger charge is 2.21. The molecule has 0 radical (unpaired) electrons. The Morgan fingerprint density at radius 2 is 1.95 bits per heavy atom. The highest BCUT2D eigenvalue weighted by atomic mass is 16.4. The predicted octanol–water partition coefficient (Wildman–Crippen LogP) is 2.46. The molecule has 0 unspecified atom stereocenters. The lowest BCUT2D eigenvalue weighted by molar-refractivity contribution is -0.139. The summed E-state index contributed by atoms with van der Waals surface area (Å²) in [6.45, 7) is 4.66. The van der Waals surface area contributed by atoms with Crippen molar-refractivity contribution in [1.82, 2.24) is 15.1 Å². The molecule has 0 saturated carbocycles. The monoisotopic (exact) mass is 301 g/mol. The highest BCUT2D eigenvalue weighted by Crippen LogP contribution is 2.18. The molecule has 118 valence electrons. The van der Waals surface area contributed by atoms with Gasteiger partial charge in [-0.15, -0.1) is 0 Å². The summed E-state index contributed by atoms with van der Waals surface area (Å²) in [6.07, 6.45) is 1.72. The van der Waals surface area contributed by atoms with Gasteiger partial charge in [-0.25, -0.2) is 0 Å². The van der Waals surface area contributed by atoms with Crippen LogP contribution in [0.4, 0.5) is 0 Å². The molecule has 1 heterocycles. The molecule has 2 aromatic rings. The van der Waals surface area contributed by atoms with E-state index in [2.05, 4.69) is 24.3 Å². The number of carbonyl (C=O) groups is 1. The van der Waals surface area contributed by atoms with Crippen LogP contribution in [0.15, 0.2) is 30.3 Å². The van der Waals surface area contributed by atoms with E-state index in [9.17, 15) is 9.90 Å². The Morgan fingerprint density at radius 3 is 2.50 bits per heavy atom. The average Bonchev–Trinajstić information content (AvgIpc) is 2.83. The number of rotatable bonds is 7. The maximum absolute atomic E-state index is 11.6. The van der Waals surface area contributed by atoms with Crippen LogP contribution in [0.5, 0.6) is 0 Å². The van der Waals surface area contributed by atoms with Gasteiger partial charge in [-0.3, -0.25) is 14.8 Å². The van der Waals surface area contributed by atoms with Gasteiger partial charge in [0.1, 0.15) is 6.04 Å². The van der Waals surface area contributed by atoms with Gasteiger partial charge in [0, 0.05) is 24.8 Å². The summed E-state index contributed by atoms with van der Waals surface area (Å²) in [5, 5.41) is 17.2. The Balaban J connectivity index is 2.22. The number of hydrogen-bond acceptors (Lipinski definition) is 3. The molecule has 0 spiro atoms. The van der Waals surface area contributed by atoms with Crippen molar-refractivity contribution in [3.63, 3.8) is 0 Å². The standard InChI is InChI=1S/C17H23N3O2/c1-4-14-13(15(5-2)20(3)19-14)11-18-16(17(21)22)12-9-7-6-8-10-12/h6-10,16,18H,4-5,11H2,1-3H3,(H,21,22)/t16-/m1/s1. The van der Waals surface area contributed by atoms with Crippen LogP contribution in [-0.2, 0) is 31.2 Å². The minimum absolute atomic E-state index is 0.506. The van der Waals surface area contributed by atoms with Crippen molar-refractivity contribution in [3.05, 3.63) is 52.8 Å². The third-order valence-corrected chi connectivity index (χ3v) is 3.89. The summed E-state index contributed by atoms with van der Waals surface area (Å²) in [4.78, 5) is 11.6. The zero-order chi connectivity index (χ0) is 16.1. The number of benzene rings is 1. The highest BCUT2D eigenvalue weighted by molar-refractivity contribution is 5.75.